The fourth-order valence-electron chi connectivity index (χ4n) is 2.50. The number of thioether (sulfide) groups is 1. The average Bonchev–Trinajstić information content (AvgIpc) is 2.90. The smallest absolute Gasteiger partial charge is 0.306 e. The number of hydrogen-bond acceptors (Lipinski definition) is 3. The molecular formula is C15H17Cl2NO3S. The number of hydrogen-bond donors (Lipinski definition) is 2. The molecule has 22 heavy (non-hydrogen) atoms. The summed E-state index contributed by atoms with van der Waals surface area (Å²) in [7, 11) is 0. The first-order chi connectivity index (χ1) is 10.5. The molecular weight excluding hydrogens is 345 g/mol. The third-order valence-corrected chi connectivity index (χ3v) is 5.22. The lowest BCUT2D eigenvalue weighted by Crippen LogP contribution is -2.34. The van der Waals surface area contributed by atoms with Gasteiger partial charge in [-0.25, -0.2) is 0 Å². The number of halogens is 2. The van der Waals surface area contributed by atoms with Gasteiger partial charge in [-0.05, 0) is 37.0 Å². The van der Waals surface area contributed by atoms with E-state index in [4.69, 9.17) is 28.3 Å². The first-order valence-electron chi connectivity index (χ1n) is 6.99. The van der Waals surface area contributed by atoms with Gasteiger partial charge in [0.15, 0.2) is 0 Å². The summed E-state index contributed by atoms with van der Waals surface area (Å²) >= 11 is 13.4. The molecule has 0 bridgehead atoms. The largest absolute Gasteiger partial charge is 0.481 e. The highest BCUT2D eigenvalue weighted by atomic mass is 35.5. The molecule has 1 aliphatic rings. The Kier molecular flexibility index (Phi) is 6.41. The van der Waals surface area contributed by atoms with E-state index in [0.29, 0.717) is 34.4 Å². The van der Waals surface area contributed by atoms with Crippen molar-refractivity contribution in [1.29, 1.82) is 0 Å². The first-order valence-corrected chi connectivity index (χ1v) is 8.90. The molecule has 0 heterocycles. The number of benzene rings is 1. The van der Waals surface area contributed by atoms with Crippen molar-refractivity contribution < 1.29 is 14.7 Å². The van der Waals surface area contributed by atoms with Crippen LogP contribution in [0.5, 0.6) is 0 Å². The number of carbonyl (C=O) groups is 2. The number of amides is 1. The van der Waals surface area contributed by atoms with Gasteiger partial charge in [-0.1, -0.05) is 29.3 Å². The molecule has 0 saturated heterocycles. The zero-order valence-electron chi connectivity index (χ0n) is 11.9. The number of aliphatic carboxylic acids is 1. The van der Waals surface area contributed by atoms with Crippen LogP contribution >= 0.6 is 35.0 Å². The van der Waals surface area contributed by atoms with Crippen LogP contribution in [0.1, 0.15) is 24.8 Å². The molecule has 1 aliphatic carbocycles. The van der Waals surface area contributed by atoms with Gasteiger partial charge in [-0.3, -0.25) is 9.59 Å². The first kappa shape index (κ1) is 17.4. The van der Waals surface area contributed by atoms with Crippen molar-refractivity contribution in [3.05, 3.63) is 33.8 Å². The second kappa shape index (κ2) is 8.09. The van der Waals surface area contributed by atoms with Crippen molar-refractivity contribution >= 4 is 46.8 Å². The molecule has 1 fully saturated rings. The average molecular weight is 362 g/mol. The molecule has 1 aromatic rings. The molecule has 0 aliphatic heterocycles. The minimum atomic E-state index is -0.775. The molecule has 2 N–H and O–H groups in total. The lowest BCUT2D eigenvalue weighted by Gasteiger charge is -2.12. The number of carboxylic acid groups (broad SMARTS) is 1. The lowest BCUT2D eigenvalue weighted by molar-refractivity contribution is -0.141. The van der Waals surface area contributed by atoms with E-state index in [1.54, 1.807) is 12.1 Å². The van der Waals surface area contributed by atoms with E-state index in [1.807, 2.05) is 6.07 Å². The van der Waals surface area contributed by atoms with E-state index in [9.17, 15) is 9.59 Å². The molecule has 0 aromatic heterocycles. The van der Waals surface area contributed by atoms with Gasteiger partial charge in [0.05, 0.1) is 11.7 Å². The van der Waals surface area contributed by atoms with Gasteiger partial charge in [0, 0.05) is 21.8 Å². The van der Waals surface area contributed by atoms with E-state index < -0.39 is 5.97 Å². The highest BCUT2D eigenvalue weighted by Gasteiger charge is 2.30. The molecule has 1 amide bonds. The molecule has 0 spiro atoms. The molecule has 7 heteroatoms. The Balaban J connectivity index is 1.71. The molecule has 0 radical (unpaired) electrons. The Morgan fingerprint density at radius 1 is 1.32 bits per heavy atom. The molecule has 1 aromatic carbocycles. The Morgan fingerprint density at radius 2 is 2.09 bits per heavy atom. The van der Waals surface area contributed by atoms with Crippen LogP contribution in [0.3, 0.4) is 0 Å². The third-order valence-electron chi connectivity index (χ3n) is 3.65. The van der Waals surface area contributed by atoms with Crippen molar-refractivity contribution in [3.8, 4) is 0 Å². The summed E-state index contributed by atoms with van der Waals surface area (Å²) in [6.45, 7) is 0. The minimum Gasteiger partial charge on any atom is -0.481 e. The van der Waals surface area contributed by atoms with Crippen molar-refractivity contribution in [2.75, 3.05) is 5.75 Å². The van der Waals surface area contributed by atoms with E-state index in [0.717, 1.165) is 12.0 Å². The van der Waals surface area contributed by atoms with Gasteiger partial charge in [0.2, 0.25) is 5.91 Å². The maximum Gasteiger partial charge on any atom is 0.306 e. The van der Waals surface area contributed by atoms with Crippen molar-refractivity contribution in [3.63, 3.8) is 0 Å². The second-order valence-electron chi connectivity index (χ2n) is 5.34. The van der Waals surface area contributed by atoms with Crippen LogP contribution in [0, 0.1) is 5.92 Å². The van der Waals surface area contributed by atoms with Gasteiger partial charge >= 0.3 is 5.97 Å². The highest BCUT2D eigenvalue weighted by Crippen LogP contribution is 2.26. The van der Waals surface area contributed by atoms with Gasteiger partial charge in [0.25, 0.3) is 0 Å². The summed E-state index contributed by atoms with van der Waals surface area (Å²) in [6, 6.07) is 5.29. The molecule has 1 saturated carbocycles. The fraction of sp³-hybridized carbons (Fsp3) is 0.467. The monoisotopic (exact) mass is 361 g/mol. The summed E-state index contributed by atoms with van der Waals surface area (Å²) < 4.78 is 0. The van der Waals surface area contributed by atoms with E-state index in [-0.39, 0.29) is 17.9 Å². The zero-order chi connectivity index (χ0) is 16.1. The number of nitrogens with one attached hydrogen (secondary N) is 1. The van der Waals surface area contributed by atoms with Crippen LogP contribution in [-0.2, 0) is 15.3 Å². The standard InChI is InChI=1S/C15H17Cl2NO3S/c16-11-3-1-10(13(17)6-11)7-22-8-14(19)18-12-4-2-9(5-12)15(20)21/h1,3,6,9,12H,2,4-5,7-8H2,(H,18,19)(H,20,21)/t9-,12+/m0/s1. The predicted molar refractivity (Wildman–Crippen MR) is 89.5 cm³/mol. The fourth-order valence-corrected chi connectivity index (χ4v) is 3.90. The SMILES string of the molecule is O=C(CSCc1ccc(Cl)cc1Cl)N[C@@H]1CC[C@H](C(=O)O)C1. The van der Waals surface area contributed by atoms with Crippen molar-refractivity contribution in [1.82, 2.24) is 5.32 Å². The van der Waals surface area contributed by atoms with Crippen LogP contribution in [0.4, 0.5) is 0 Å². The normalized spacial score (nSPS) is 20.8. The van der Waals surface area contributed by atoms with E-state index in [2.05, 4.69) is 5.32 Å². The summed E-state index contributed by atoms with van der Waals surface area (Å²) in [6.07, 6.45) is 1.89. The second-order valence-corrected chi connectivity index (χ2v) is 7.17. The number of rotatable bonds is 6. The summed E-state index contributed by atoms with van der Waals surface area (Å²) in [5.74, 6) is -0.209. The maximum atomic E-state index is 11.9. The van der Waals surface area contributed by atoms with Crippen molar-refractivity contribution in [2.45, 2.75) is 31.1 Å². The van der Waals surface area contributed by atoms with E-state index in [1.165, 1.54) is 11.8 Å². The molecule has 2 atom stereocenters. The molecule has 4 nitrogen and oxygen atoms in total. The van der Waals surface area contributed by atoms with Crippen LogP contribution in [0.2, 0.25) is 10.0 Å². The molecule has 0 unspecified atom stereocenters. The van der Waals surface area contributed by atoms with Crippen LogP contribution in [-0.4, -0.2) is 28.8 Å². The maximum absolute atomic E-state index is 11.9. The number of carbonyl (C=O) groups excluding carboxylic acids is 1. The van der Waals surface area contributed by atoms with Crippen LogP contribution in [0.15, 0.2) is 18.2 Å². The molecule has 2 rings (SSSR count). The Morgan fingerprint density at radius 3 is 2.73 bits per heavy atom. The Hall–Kier alpha value is -0.910. The van der Waals surface area contributed by atoms with Crippen molar-refractivity contribution in [2.24, 2.45) is 5.92 Å². The molecule has 120 valence electrons. The van der Waals surface area contributed by atoms with E-state index >= 15 is 0 Å². The minimum absolute atomic E-state index is 0.0201. The van der Waals surface area contributed by atoms with Gasteiger partial charge in [-0.2, -0.15) is 0 Å². The Labute approximate surface area is 143 Å². The highest BCUT2D eigenvalue weighted by molar-refractivity contribution is 7.99. The lowest BCUT2D eigenvalue weighted by atomic mass is 10.1. The summed E-state index contributed by atoms with van der Waals surface area (Å²) in [5.41, 5.74) is 0.940. The van der Waals surface area contributed by atoms with Gasteiger partial charge in [0.1, 0.15) is 0 Å². The van der Waals surface area contributed by atoms with Gasteiger partial charge < -0.3 is 10.4 Å². The predicted octanol–water partition coefficient (Wildman–Crippen LogP) is 3.60. The zero-order valence-corrected chi connectivity index (χ0v) is 14.2. The third kappa shape index (κ3) is 5.07. The van der Waals surface area contributed by atoms with Crippen LogP contribution in [0.25, 0.3) is 0 Å². The summed E-state index contributed by atoms with van der Waals surface area (Å²) in [4.78, 5) is 22.8. The quantitative estimate of drug-likeness (QED) is 0.812. The topological polar surface area (TPSA) is 66.4 Å². The Bertz CT molecular complexity index is 568. The van der Waals surface area contributed by atoms with Gasteiger partial charge in [-0.15, -0.1) is 11.8 Å². The number of carboxylic acids is 1. The summed E-state index contributed by atoms with van der Waals surface area (Å²) in [5, 5.41) is 13.0. The van der Waals surface area contributed by atoms with Crippen LogP contribution < -0.4 is 5.32 Å².